The van der Waals surface area contributed by atoms with Crippen LogP contribution in [-0.2, 0) is 0 Å². The van der Waals surface area contributed by atoms with Gasteiger partial charge in [0.25, 0.3) is 0 Å². The zero-order chi connectivity index (χ0) is 11.9. The van der Waals surface area contributed by atoms with Crippen LogP contribution in [0.3, 0.4) is 0 Å². The second-order valence-corrected chi connectivity index (χ2v) is 8.28. The Hall–Kier alpha value is 0. The third kappa shape index (κ3) is 1.03. The van der Waals surface area contributed by atoms with Gasteiger partial charge >= 0.3 is 0 Å². The quantitative estimate of drug-likeness (QED) is 0.560. The Balaban J connectivity index is 2.00. The zero-order valence-corrected chi connectivity index (χ0v) is 11.9. The number of hydrogen-bond acceptors (Lipinski definition) is 0. The molecule has 0 N–H and O–H groups in total. The van der Waals surface area contributed by atoms with Crippen LogP contribution in [0.4, 0.5) is 0 Å². The van der Waals surface area contributed by atoms with Gasteiger partial charge in [0, 0.05) is 0 Å². The van der Waals surface area contributed by atoms with Crippen molar-refractivity contribution in [2.75, 3.05) is 0 Å². The maximum Gasteiger partial charge on any atom is -0.0269 e. The van der Waals surface area contributed by atoms with Crippen LogP contribution in [-0.4, -0.2) is 0 Å². The first-order chi connectivity index (χ1) is 7.27. The molecule has 3 fully saturated rings. The smallest absolute Gasteiger partial charge is 0.0269 e. The highest BCUT2D eigenvalue weighted by Gasteiger charge is 2.66. The van der Waals surface area contributed by atoms with Gasteiger partial charge in [0.15, 0.2) is 0 Å². The molecule has 6 unspecified atom stereocenters. The highest BCUT2D eigenvalue weighted by Crippen LogP contribution is 2.72. The lowest BCUT2D eigenvalue weighted by atomic mass is 9.61. The highest BCUT2D eigenvalue weighted by molar-refractivity contribution is 5.14. The summed E-state index contributed by atoms with van der Waals surface area (Å²) in [7, 11) is 0. The van der Waals surface area contributed by atoms with Gasteiger partial charge in [-0.25, -0.2) is 0 Å². The summed E-state index contributed by atoms with van der Waals surface area (Å²) < 4.78 is 0. The third-order valence-corrected chi connectivity index (χ3v) is 7.52. The van der Waals surface area contributed by atoms with Gasteiger partial charge in [0.05, 0.1) is 0 Å². The molecule has 0 heteroatoms. The molecule has 2 bridgehead atoms. The normalized spacial score (nSPS) is 56.6. The van der Waals surface area contributed by atoms with E-state index in [0.717, 1.165) is 35.5 Å². The number of rotatable bonds is 0. The van der Waals surface area contributed by atoms with E-state index >= 15 is 0 Å². The Labute approximate surface area is 101 Å². The maximum atomic E-state index is 2.55. The summed E-state index contributed by atoms with van der Waals surface area (Å²) in [6.07, 6.45) is 3.04. The topological polar surface area (TPSA) is 0 Å². The lowest BCUT2D eigenvalue weighted by molar-refractivity contribution is 0.0415. The Kier molecular flexibility index (Phi) is 1.99. The van der Waals surface area contributed by atoms with E-state index in [0.29, 0.717) is 10.8 Å². The summed E-state index contributed by atoms with van der Waals surface area (Å²) in [6, 6.07) is 0. The van der Waals surface area contributed by atoms with Crippen molar-refractivity contribution in [2.24, 2.45) is 46.3 Å². The Bertz CT molecular complexity index is 312. The molecule has 3 rings (SSSR count). The molecule has 3 aliphatic rings. The van der Waals surface area contributed by atoms with E-state index in [4.69, 9.17) is 0 Å². The van der Waals surface area contributed by atoms with Crippen molar-refractivity contribution in [1.82, 2.24) is 0 Å². The molecule has 0 saturated heterocycles. The van der Waals surface area contributed by atoms with Crippen LogP contribution in [0.2, 0.25) is 0 Å². The van der Waals surface area contributed by atoms with Crippen molar-refractivity contribution < 1.29 is 0 Å². The molecule has 0 amide bonds. The van der Waals surface area contributed by atoms with E-state index in [9.17, 15) is 0 Å². The molecule has 0 aromatic carbocycles. The number of fused-ring (bicyclic) bond motifs is 5. The minimum absolute atomic E-state index is 0.559. The van der Waals surface area contributed by atoms with Gasteiger partial charge in [-0.1, -0.05) is 41.5 Å². The van der Waals surface area contributed by atoms with Gasteiger partial charge in [0.1, 0.15) is 0 Å². The lowest BCUT2D eigenvalue weighted by Gasteiger charge is -2.44. The fourth-order valence-electron chi connectivity index (χ4n) is 5.80. The van der Waals surface area contributed by atoms with Gasteiger partial charge in [-0.15, -0.1) is 0 Å². The van der Waals surface area contributed by atoms with E-state index in [2.05, 4.69) is 41.5 Å². The van der Waals surface area contributed by atoms with Crippen molar-refractivity contribution in [3.63, 3.8) is 0 Å². The van der Waals surface area contributed by atoms with Crippen LogP contribution in [0, 0.1) is 46.3 Å². The maximum absolute atomic E-state index is 2.55. The first kappa shape index (κ1) is 11.1. The van der Waals surface area contributed by atoms with Gasteiger partial charge in [-0.05, 0) is 59.2 Å². The molecule has 0 spiro atoms. The lowest BCUT2D eigenvalue weighted by Crippen LogP contribution is -2.38. The van der Waals surface area contributed by atoms with Gasteiger partial charge < -0.3 is 0 Å². The fourth-order valence-corrected chi connectivity index (χ4v) is 5.80. The molecule has 6 atom stereocenters. The molecular formula is C16H28. The standard InChI is InChI=1S/C16H28/c1-9-10(2)12-7-11(9)13-8-15(3,4)16(5,6)14(12)13/h9-14H,7-8H2,1-6H3. The zero-order valence-electron chi connectivity index (χ0n) is 11.9. The fraction of sp³-hybridized carbons (Fsp3) is 1.00. The minimum Gasteiger partial charge on any atom is -0.0620 e. The summed E-state index contributed by atoms with van der Waals surface area (Å²) >= 11 is 0. The predicted octanol–water partition coefficient (Wildman–Crippen LogP) is 4.60. The van der Waals surface area contributed by atoms with Gasteiger partial charge in [-0.3, -0.25) is 0 Å². The van der Waals surface area contributed by atoms with E-state index < -0.39 is 0 Å². The van der Waals surface area contributed by atoms with Crippen LogP contribution >= 0.6 is 0 Å². The van der Waals surface area contributed by atoms with Crippen molar-refractivity contribution in [1.29, 1.82) is 0 Å². The largest absolute Gasteiger partial charge is 0.0620 e. The summed E-state index contributed by atoms with van der Waals surface area (Å²) in [5.41, 5.74) is 1.12. The van der Waals surface area contributed by atoms with Crippen LogP contribution in [0.15, 0.2) is 0 Å². The van der Waals surface area contributed by atoms with Crippen LogP contribution in [0.1, 0.15) is 54.4 Å². The Morgan fingerprint density at radius 1 is 0.812 bits per heavy atom. The molecule has 92 valence electrons. The molecule has 0 heterocycles. The predicted molar refractivity (Wildman–Crippen MR) is 69.1 cm³/mol. The molecule has 0 aliphatic heterocycles. The van der Waals surface area contributed by atoms with Crippen molar-refractivity contribution in [2.45, 2.75) is 54.4 Å². The van der Waals surface area contributed by atoms with E-state index in [-0.39, 0.29) is 0 Å². The second kappa shape index (κ2) is 2.87. The van der Waals surface area contributed by atoms with Crippen molar-refractivity contribution >= 4 is 0 Å². The number of hydrogen-bond donors (Lipinski definition) is 0. The molecule has 3 saturated carbocycles. The average Bonchev–Trinajstić information content (AvgIpc) is 2.69. The van der Waals surface area contributed by atoms with Crippen molar-refractivity contribution in [3.8, 4) is 0 Å². The molecular weight excluding hydrogens is 192 g/mol. The third-order valence-electron chi connectivity index (χ3n) is 7.52. The highest BCUT2D eigenvalue weighted by atomic mass is 14.7. The van der Waals surface area contributed by atoms with E-state index in [1.807, 2.05) is 0 Å². The molecule has 16 heavy (non-hydrogen) atoms. The molecule has 0 aromatic heterocycles. The van der Waals surface area contributed by atoms with Crippen molar-refractivity contribution in [3.05, 3.63) is 0 Å². The molecule has 0 aromatic rings. The Morgan fingerprint density at radius 3 is 2.00 bits per heavy atom. The monoisotopic (exact) mass is 220 g/mol. The van der Waals surface area contributed by atoms with E-state index in [1.54, 1.807) is 6.42 Å². The molecule has 0 nitrogen and oxygen atoms in total. The summed E-state index contributed by atoms with van der Waals surface area (Å²) in [5.74, 6) is 6.17. The van der Waals surface area contributed by atoms with Gasteiger partial charge in [-0.2, -0.15) is 0 Å². The SMILES string of the molecule is CC1C(C)C2CC1C1CC(C)(C)C(C)(C)C21. The molecule has 0 radical (unpaired) electrons. The summed E-state index contributed by atoms with van der Waals surface area (Å²) in [6.45, 7) is 15.2. The second-order valence-electron chi connectivity index (χ2n) is 8.28. The van der Waals surface area contributed by atoms with Crippen LogP contribution in [0.25, 0.3) is 0 Å². The van der Waals surface area contributed by atoms with Crippen LogP contribution in [0.5, 0.6) is 0 Å². The minimum atomic E-state index is 0.559. The summed E-state index contributed by atoms with van der Waals surface area (Å²) in [4.78, 5) is 0. The average molecular weight is 220 g/mol. The van der Waals surface area contributed by atoms with Crippen LogP contribution < -0.4 is 0 Å². The Morgan fingerprint density at radius 2 is 1.38 bits per heavy atom. The first-order valence-electron chi connectivity index (χ1n) is 7.27. The molecule has 3 aliphatic carbocycles. The first-order valence-corrected chi connectivity index (χ1v) is 7.27. The van der Waals surface area contributed by atoms with Gasteiger partial charge in [0.2, 0.25) is 0 Å². The van der Waals surface area contributed by atoms with E-state index in [1.165, 1.54) is 6.42 Å². The summed E-state index contributed by atoms with van der Waals surface area (Å²) in [5, 5.41) is 0.